The Hall–Kier alpha value is -1.92. The van der Waals surface area contributed by atoms with Gasteiger partial charge in [-0.15, -0.1) is 0 Å². The Balaban J connectivity index is 1.41. The number of amides is 2. The van der Waals surface area contributed by atoms with Crippen molar-refractivity contribution in [3.05, 3.63) is 34.9 Å². The zero-order valence-corrected chi connectivity index (χ0v) is 18.4. The summed E-state index contributed by atoms with van der Waals surface area (Å²) in [4.78, 5) is 31.9. The highest BCUT2D eigenvalue weighted by Gasteiger charge is 2.26. The van der Waals surface area contributed by atoms with E-state index in [1.165, 1.54) is 0 Å². The standard InChI is InChI=1S/C23H36N4O2/c1-17(2)26-9-11-27(12-10-26)22(28)16-25-7-5-21(6-8-25)24-23(29)20-14-18(3)13-19(4)15-20/h13-15,17,21H,5-12,16H2,1-4H3,(H,24,29). The predicted octanol–water partition coefficient (Wildman–Crippen LogP) is 2.05. The molecular formula is C23H36N4O2. The number of carbonyl (C=O) groups excluding carboxylic acids is 2. The first-order chi connectivity index (χ1) is 13.8. The highest BCUT2D eigenvalue weighted by Crippen LogP contribution is 2.14. The van der Waals surface area contributed by atoms with E-state index < -0.39 is 0 Å². The molecule has 0 radical (unpaired) electrons. The van der Waals surface area contributed by atoms with Gasteiger partial charge in [-0.2, -0.15) is 0 Å². The number of hydrogen-bond donors (Lipinski definition) is 1. The Morgan fingerprint density at radius 3 is 2.10 bits per heavy atom. The number of hydrogen-bond acceptors (Lipinski definition) is 4. The van der Waals surface area contributed by atoms with Gasteiger partial charge in [0.1, 0.15) is 0 Å². The summed E-state index contributed by atoms with van der Waals surface area (Å²) in [5, 5.41) is 3.18. The third-order valence-electron chi connectivity index (χ3n) is 6.16. The fourth-order valence-corrected chi connectivity index (χ4v) is 4.39. The normalized spacial score (nSPS) is 19.6. The zero-order valence-electron chi connectivity index (χ0n) is 18.4. The molecule has 0 atom stereocenters. The van der Waals surface area contributed by atoms with E-state index in [2.05, 4.69) is 35.0 Å². The Bertz CT molecular complexity index is 697. The number of carbonyl (C=O) groups is 2. The lowest BCUT2D eigenvalue weighted by Gasteiger charge is -2.38. The summed E-state index contributed by atoms with van der Waals surface area (Å²) in [6.45, 7) is 14.3. The largest absolute Gasteiger partial charge is 0.349 e. The molecular weight excluding hydrogens is 364 g/mol. The molecule has 2 aliphatic heterocycles. The third kappa shape index (κ3) is 6.03. The minimum absolute atomic E-state index is 0.00866. The van der Waals surface area contributed by atoms with Crippen molar-refractivity contribution in [2.75, 3.05) is 45.8 Å². The van der Waals surface area contributed by atoms with Crippen molar-refractivity contribution in [3.8, 4) is 0 Å². The number of likely N-dealkylation sites (tertiary alicyclic amines) is 1. The fraction of sp³-hybridized carbons (Fsp3) is 0.652. The molecule has 29 heavy (non-hydrogen) atoms. The molecule has 2 saturated heterocycles. The molecule has 2 aliphatic rings. The number of piperidine rings is 1. The fourth-order valence-electron chi connectivity index (χ4n) is 4.39. The van der Waals surface area contributed by atoms with Crippen LogP contribution in [0, 0.1) is 13.8 Å². The highest BCUT2D eigenvalue weighted by atomic mass is 16.2. The Labute approximate surface area is 175 Å². The smallest absolute Gasteiger partial charge is 0.251 e. The van der Waals surface area contributed by atoms with Crippen molar-refractivity contribution in [1.82, 2.24) is 20.0 Å². The molecule has 2 fully saturated rings. The zero-order chi connectivity index (χ0) is 21.0. The monoisotopic (exact) mass is 400 g/mol. The van der Waals surface area contributed by atoms with Gasteiger partial charge in [0.2, 0.25) is 5.91 Å². The molecule has 1 aromatic carbocycles. The molecule has 2 amide bonds. The van der Waals surface area contributed by atoms with Crippen molar-refractivity contribution in [1.29, 1.82) is 0 Å². The van der Waals surface area contributed by atoms with E-state index in [1.807, 2.05) is 30.9 Å². The van der Waals surface area contributed by atoms with Crippen molar-refractivity contribution in [2.45, 2.75) is 52.6 Å². The maximum absolute atomic E-state index is 12.6. The van der Waals surface area contributed by atoms with Crippen molar-refractivity contribution >= 4 is 11.8 Å². The topological polar surface area (TPSA) is 55.9 Å². The Morgan fingerprint density at radius 2 is 1.55 bits per heavy atom. The van der Waals surface area contributed by atoms with Gasteiger partial charge in [0.15, 0.2) is 0 Å². The van der Waals surface area contributed by atoms with Gasteiger partial charge in [0.25, 0.3) is 5.91 Å². The van der Waals surface area contributed by atoms with Gasteiger partial charge < -0.3 is 10.2 Å². The molecule has 2 heterocycles. The molecule has 160 valence electrons. The van der Waals surface area contributed by atoms with Crippen LogP contribution >= 0.6 is 0 Å². The van der Waals surface area contributed by atoms with Gasteiger partial charge >= 0.3 is 0 Å². The number of piperazine rings is 1. The quantitative estimate of drug-likeness (QED) is 0.822. The summed E-state index contributed by atoms with van der Waals surface area (Å²) >= 11 is 0. The van der Waals surface area contributed by atoms with Crippen LogP contribution in [0.2, 0.25) is 0 Å². The second-order valence-corrected chi connectivity index (χ2v) is 8.91. The van der Waals surface area contributed by atoms with Gasteiger partial charge in [0.05, 0.1) is 6.54 Å². The summed E-state index contributed by atoms with van der Waals surface area (Å²) in [7, 11) is 0. The number of nitrogens with one attached hydrogen (secondary N) is 1. The van der Waals surface area contributed by atoms with E-state index in [0.29, 0.717) is 12.6 Å². The molecule has 0 aliphatic carbocycles. The second kappa shape index (κ2) is 9.72. The lowest BCUT2D eigenvalue weighted by atomic mass is 10.0. The van der Waals surface area contributed by atoms with E-state index in [0.717, 1.165) is 68.8 Å². The lowest BCUT2D eigenvalue weighted by Crippen LogP contribution is -2.53. The highest BCUT2D eigenvalue weighted by molar-refractivity contribution is 5.94. The maximum atomic E-state index is 12.6. The van der Waals surface area contributed by atoms with Crippen molar-refractivity contribution in [2.24, 2.45) is 0 Å². The molecule has 0 bridgehead atoms. The average Bonchev–Trinajstić information content (AvgIpc) is 2.68. The van der Waals surface area contributed by atoms with Gasteiger partial charge in [-0.1, -0.05) is 17.2 Å². The molecule has 1 aromatic rings. The summed E-state index contributed by atoms with van der Waals surface area (Å²) in [5.74, 6) is 0.250. The molecule has 6 nitrogen and oxygen atoms in total. The maximum Gasteiger partial charge on any atom is 0.251 e. The summed E-state index contributed by atoms with van der Waals surface area (Å²) < 4.78 is 0. The van der Waals surface area contributed by atoms with Crippen LogP contribution in [0.15, 0.2) is 18.2 Å². The molecule has 0 aromatic heterocycles. The molecule has 3 rings (SSSR count). The Kier molecular flexibility index (Phi) is 7.30. The number of nitrogens with zero attached hydrogens (tertiary/aromatic N) is 3. The van der Waals surface area contributed by atoms with Crippen LogP contribution in [0.3, 0.4) is 0 Å². The first-order valence-electron chi connectivity index (χ1n) is 10.9. The van der Waals surface area contributed by atoms with Crippen LogP contribution in [0.25, 0.3) is 0 Å². The SMILES string of the molecule is Cc1cc(C)cc(C(=O)NC2CCN(CC(=O)N3CCN(C(C)C)CC3)CC2)c1. The number of aryl methyl sites for hydroxylation is 2. The van der Waals surface area contributed by atoms with Crippen LogP contribution in [-0.4, -0.2) is 84.4 Å². The number of benzene rings is 1. The lowest BCUT2D eigenvalue weighted by molar-refractivity contribution is -0.134. The molecule has 1 N–H and O–H groups in total. The first kappa shape index (κ1) is 21.8. The van der Waals surface area contributed by atoms with Crippen LogP contribution in [-0.2, 0) is 4.79 Å². The molecule has 6 heteroatoms. The van der Waals surface area contributed by atoms with E-state index in [1.54, 1.807) is 0 Å². The predicted molar refractivity (Wildman–Crippen MR) is 116 cm³/mol. The molecule has 0 spiro atoms. The van der Waals surface area contributed by atoms with Crippen LogP contribution < -0.4 is 5.32 Å². The van der Waals surface area contributed by atoms with Crippen molar-refractivity contribution < 1.29 is 9.59 Å². The summed E-state index contributed by atoms with van der Waals surface area (Å²) in [6, 6.07) is 6.69. The number of rotatable bonds is 5. The summed E-state index contributed by atoms with van der Waals surface area (Å²) in [5.41, 5.74) is 2.95. The van der Waals surface area contributed by atoms with Gasteiger partial charge in [-0.3, -0.25) is 19.4 Å². The van der Waals surface area contributed by atoms with E-state index in [4.69, 9.17) is 0 Å². The molecule has 0 saturated carbocycles. The third-order valence-corrected chi connectivity index (χ3v) is 6.16. The van der Waals surface area contributed by atoms with Gasteiger partial charge in [-0.05, 0) is 52.7 Å². The van der Waals surface area contributed by atoms with Gasteiger partial charge in [0, 0.05) is 56.9 Å². The van der Waals surface area contributed by atoms with Crippen LogP contribution in [0.4, 0.5) is 0 Å². The van der Waals surface area contributed by atoms with E-state index >= 15 is 0 Å². The van der Waals surface area contributed by atoms with Crippen molar-refractivity contribution in [3.63, 3.8) is 0 Å². The van der Waals surface area contributed by atoms with E-state index in [9.17, 15) is 9.59 Å². The summed E-state index contributed by atoms with van der Waals surface area (Å²) in [6.07, 6.45) is 1.79. The Morgan fingerprint density at radius 1 is 0.966 bits per heavy atom. The van der Waals surface area contributed by atoms with Crippen LogP contribution in [0.5, 0.6) is 0 Å². The minimum Gasteiger partial charge on any atom is -0.349 e. The van der Waals surface area contributed by atoms with Gasteiger partial charge in [-0.25, -0.2) is 0 Å². The molecule has 0 unspecified atom stereocenters. The van der Waals surface area contributed by atoms with E-state index in [-0.39, 0.29) is 17.9 Å². The first-order valence-corrected chi connectivity index (χ1v) is 10.9. The second-order valence-electron chi connectivity index (χ2n) is 8.91. The average molecular weight is 401 g/mol. The van der Waals surface area contributed by atoms with Crippen LogP contribution in [0.1, 0.15) is 48.2 Å². The minimum atomic E-state index is 0.00866.